The fourth-order valence-electron chi connectivity index (χ4n) is 2.12. The molecular formula is C17H19NO5S. The summed E-state index contributed by atoms with van der Waals surface area (Å²) in [7, 11) is 3.08. The zero-order valence-electron chi connectivity index (χ0n) is 13.3. The Morgan fingerprint density at radius 2 is 1.67 bits per heavy atom. The third-order valence-electron chi connectivity index (χ3n) is 3.46. The molecule has 128 valence electrons. The van der Waals surface area contributed by atoms with Gasteiger partial charge in [-0.2, -0.15) is 0 Å². The van der Waals surface area contributed by atoms with Gasteiger partial charge < -0.3 is 25.4 Å². The molecule has 6 nitrogen and oxygen atoms in total. The first-order valence-electron chi connectivity index (χ1n) is 7.11. The van der Waals surface area contributed by atoms with E-state index in [-0.39, 0.29) is 0 Å². The number of nitrogen functional groups attached to an aromatic ring is 1. The lowest BCUT2D eigenvalue weighted by atomic mass is 10.1. The fourth-order valence-corrected chi connectivity index (χ4v) is 3.32. The van der Waals surface area contributed by atoms with E-state index in [0.717, 1.165) is 0 Å². The molecule has 24 heavy (non-hydrogen) atoms. The van der Waals surface area contributed by atoms with Crippen molar-refractivity contribution in [1.82, 2.24) is 0 Å². The van der Waals surface area contributed by atoms with Crippen molar-refractivity contribution in [3.8, 4) is 11.5 Å². The van der Waals surface area contributed by atoms with Crippen LogP contribution in [0.1, 0.15) is 10.8 Å². The molecule has 0 aliphatic heterocycles. The van der Waals surface area contributed by atoms with Gasteiger partial charge in [0, 0.05) is 10.6 Å². The Morgan fingerprint density at radius 1 is 1.08 bits per heavy atom. The van der Waals surface area contributed by atoms with Crippen molar-refractivity contribution in [2.24, 2.45) is 0 Å². The molecule has 2 atom stereocenters. The van der Waals surface area contributed by atoms with Crippen LogP contribution < -0.4 is 15.2 Å². The maximum Gasteiger partial charge on any atom is 0.334 e. The van der Waals surface area contributed by atoms with E-state index in [1.165, 1.54) is 18.9 Å². The molecule has 2 aromatic rings. The van der Waals surface area contributed by atoms with E-state index in [1.807, 2.05) is 0 Å². The molecule has 0 saturated carbocycles. The second-order valence-electron chi connectivity index (χ2n) is 5.00. The zero-order valence-corrected chi connectivity index (χ0v) is 14.1. The smallest absolute Gasteiger partial charge is 0.334 e. The summed E-state index contributed by atoms with van der Waals surface area (Å²) in [6, 6.07) is 12.0. The van der Waals surface area contributed by atoms with Gasteiger partial charge in [0.1, 0.15) is 11.5 Å². The second-order valence-corrected chi connectivity index (χ2v) is 6.18. The first kappa shape index (κ1) is 18.0. The lowest BCUT2D eigenvalue weighted by molar-refractivity contribution is -0.146. The quantitative estimate of drug-likeness (QED) is 0.521. The molecule has 0 unspecified atom stereocenters. The van der Waals surface area contributed by atoms with Gasteiger partial charge >= 0.3 is 5.97 Å². The highest BCUT2D eigenvalue weighted by Crippen LogP contribution is 2.42. The van der Waals surface area contributed by atoms with Crippen LogP contribution in [0.4, 0.5) is 5.69 Å². The number of ether oxygens (including phenoxy) is 2. The highest BCUT2D eigenvalue weighted by atomic mass is 32.2. The molecule has 4 N–H and O–H groups in total. The van der Waals surface area contributed by atoms with Gasteiger partial charge in [-0.3, -0.25) is 0 Å². The van der Waals surface area contributed by atoms with Crippen molar-refractivity contribution < 1.29 is 24.5 Å². The monoisotopic (exact) mass is 349 g/mol. The van der Waals surface area contributed by atoms with Gasteiger partial charge in [0.05, 0.1) is 19.5 Å². The van der Waals surface area contributed by atoms with Crippen LogP contribution in [0.5, 0.6) is 11.5 Å². The maximum absolute atomic E-state index is 11.3. The van der Waals surface area contributed by atoms with Crippen molar-refractivity contribution >= 4 is 23.4 Å². The first-order chi connectivity index (χ1) is 11.5. The molecule has 2 aromatic carbocycles. The minimum Gasteiger partial charge on any atom is -0.497 e. The van der Waals surface area contributed by atoms with Crippen LogP contribution in [0.15, 0.2) is 47.4 Å². The number of thioether (sulfide) groups is 1. The number of rotatable bonds is 7. The molecule has 0 fully saturated rings. The number of benzene rings is 2. The molecule has 0 amide bonds. The largest absolute Gasteiger partial charge is 0.497 e. The van der Waals surface area contributed by atoms with Crippen molar-refractivity contribution in [2.75, 3.05) is 20.0 Å². The van der Waals surface area contributed by atoms with Crippen molar-refractivity contribution in [1.29, 1.82) is 0 Å². The van der Waals surface area contributed by atoms with Crippen LogP contribution in [-0.2, 0) is 4.79 Å². The van der Waals surface area contributed by atoms with Gasteiger partial charge in [-0.25, -0.2) is 4.79 Å². The summed E-state index contributed by atoms with van der Waals surface area (Å²) in [4.78, 5) is 11.9. The lowest BCUT2D eigenvalue weighted by Gasteiger charge is -2.21. The Morgan fingerprint density at radius 3 is 2.21 bits per heavy atom. The Hall–Kier alpha value is -2.38. The Kier molecular flexibility index (Phi) is 5.94. The molecule has 0 radical (unpaired) electrons. The predicted octanol–water partition coefficient (Wildman–Crippen LogP) is 2.56. The van der Waals surface area contributed by atoms with Gasteiger partial charge in [0.15, 0.2) is 6.10 Å². The van der Waals surface area contributed by atoms with E-state index in [9.17, 15) is 15.0 Å². The van der Waals surface area contributed by atoms with E-state index < -0.39 is 17.3 Å². The van der Waals surface area contributed by atoms with Gasteiger partial charge in [-0.1, -0.05) is 12.1 Å². The van der Waals surface area contributed by atoms with E-state index in [4.69, 9.17) is 15.2 Å². The summed E-state index contributed by atoms with van der Waals surface area (Å²) in [5.74, 6) is -0.0528. The number of nitrogens with two attached hydrogens (primary N) is 1. The molecular weight excluding hydrogens is 330 g/mol. The molecule has 0 saturated heterocycles. The molecule has 0 spiro atoms. The number of hydrogen-bond donors (Lipinski definition) is 3. The van der Waals surface area contributed by atoms with Crippen molar-refractivity contribution in [2.45, 2.75) is 16.2 Å². The highest BCUT2D eigenvalue weighted by Gasteiger charge is 2.29. The van der Waals surface area contributed by atoms with E-state index in [0.29, 0.717) is 27.6 Å². The van der Waals surface area contributed by atoms with E-state index >= 15 is 0 Å². The van der Waals surface area contributed by atoms with Gasteiger partial charge in [0.2, 0.25) is 0 Å². The maximum atomic E-state index is 11.3. The predicted molar refractivity (Wildman–Crippen MR) is 92.6 cm³/mol. The number of carbonyl (C=O) groups is 1. The zero-order chi connectivity index (χ0) is 17.7. The average Bonchev–Trinajstić information content (AvgIpc) is 2.60. The van der Waals surface area contributed by atoms with Crippen LogP contribution in [0.25, 0.3) is 0 Å². The molecule has 0 bridgehead atoms. The number of carboxylic acids is 1. The minimum absolute atomic E-state index is 0.483. The van der Waals surface area contributed by atoms with Crippen LogP contribution in [0, 0.1) is 0 Å². The summed E-state index contributed by atoms with van der Waals surface area (Å²) in [5.41, 5.74) is 7.10. The lowest BCUT2D eigenvalue weighted by Crippen LogP contribution is -2.26. The average molecular weight is 349 g/mol. The first-order valence-corrected chi connectivity index (χ1v) is 7.99. The number of aliphatic carboxylic acids is 1. The third kappa shape index (κ3) is 4.12. The number of aliphatic hydroxyl groups is 1. The molecule has 2 rings (SSSR count). The number of anilines is 1. The van der Waals surface area contributed by atoms with Gasteiger partial charge in [-0.05, 0) is 35.9 Å². The van der Waals surface area contributed by atoms with E-state index in [2.05, 4.69) is 0 Å². The number of methoxy groups -OCH3 is 2. The van der Waals surface area contributed by atoms with Crippen LogP contribution >= 0.6 is 11.8 Å². The van der Waals surface area contributed by atoms with Gasteiger partial charge in [-0.15, -0.1) is 11.8 Å². The topological polar surface area (TPSA) is 102 Å². The molecule has 0 aliphatic carbocycles. The summed E-state index contributed by atoms with van der Waals surface area (Å²) in [6.07, 6.45) is -1.59. The minimum atomic E-state index is -1.59. The van der Waals surface area contributed by atoms with Crippen molar-refractivity contribution in [3.63, 3.8) is 0 Å². The normalized spacial score (nSPS) is 13.1. The third-order valence-corrected chi connectivity index (χ3v) is 4.85. The van der Waals surface area contributed by atoms with Crippen molar-refractivity contribution in [3.05, 3.63) is 48.0 Å². The summed E-state index contributed by atoms with van der Waals surface area (Å²) >= 11 is 1.17. The Labute approximate surface area is 144 Å². The molecule has 0 aliphatic rings. The SMILES string of the molecule is COc1ccc([C@H](Sc2cc(OC)ccc2N)[C@@H](O)C(=O)O)cc1. The summed E-state index contributed by atoms with van der Waals surface area (Å²) < 4.78 is 10.3. The van der Waals surface area contributed by atoms with Crippen LogP contribution in [0.2, 0.25) is 0 Å². The number of aliphatic hydroxyl groups excluding tert-OH is 1. The summed E-state index contributed by atoms with van der Waals surface area (Å²) in [6.45, 7) is 0. The second kappa shape index (κ2) is 7.94. The number of hydrogen-bond acceptors (Lipinski definition) is 6. The molecule has 7 heteroatoms. The highest BCUT2D eigenvalue weighted by molar-refractivity contribution is 7.99. The Balaban J connectivity index is 2.37. The Bertz CT molecular complexity index is 705. The van der Waals surface area contributed by atoms with Crippen LogP contribution in [-0.4, -0.2) is 36.5 Å². The summed E-state index contributed by atoms with van der Waals surface area (Å²) in [5, 5.41) is 18.6. The number of carboxylic acid groups (broad SMARTS) is 1. The standard InChI is InChI=1S/C17H19NO5S/c1-22-11-5-3-10(4-6-11)16(15(19)17(20)21)24-14-9-12(23-2)7-8-13(14)18/h3-9,15-16,19H,18H2,1-2H3,(H,20,21)/t15-,16+/m1/s1. The van der Waals surface area contributed by atoms with Gasteiger partial charge in [0.25, 0.3) is 0 Å². The fraction of sp³-hybridized carbons (Fsp3) is 0.235. The molecule has 0 heterocycles. The molecule has 0 aromatic heterocycles. The van der Waals surface area contributed by atoms with Crippen LogP contribution in [0.3, 0.4) is 0 Å². The van der Waals surface area contributed by atoms with E-state index in [1.54, 1.807) is 49.6 Å².